The van der Waals surface area contributed by atoms with Gasteiger partial charge in [0.2, 0.25) is 5.95 Å². The Kier molecular flexibility index (Phi) is 5.45. The average molecular weight is 321 g/mol. The van der Waals surface area contributed by atoms with Gasteiger partial charge in [-0.05, 0) is 12.8 Å². The first kappa shape index (κ1) is 16.7. The van der Waals surface area contributed by atoms with Gasteiger partial charge in [-0.3, -0.25) is 9.59 Å². The van der Waals surface area contributed by atoms with Crippen molar-refractivity contribution in [1.82, 2.24) is 19.6 Å². The molecule has 9 heteroatoms. The summed E-state index contributed by atoms with van der Waals surface area (Å²) in [6.07, 6.45) is 4.47. The van der Waals surface area contributed by atoms with E-state index >= 15 is 0 Å². The van der Waals surface area contributed by atoms with Gasteiger partial charge in [0.25, 0.3) is 0 Å². The average Bonchev–Trinajstić information content (AvgIpc) is 2.88. The molecule has 2 aromatic rings. The molecule has 2 aromatic heterocycles. The summed E-state index contributed by atoms with van der Waals surface area (Å²) >= 11 is 0. The molecule has 0 aliphatic rings. The summed E-state index contributed by atoms with van der Waals surface area (Å²) in [5, 5.41) is 4.15. The van der Waals surface area contributed by atoms with E-state index in [1.807, 2.05) is 0 Å². The van der Waals surface area contributed by atoms with E-state index in [2.05, 4.69) is 15.1 Å². The molecule has 9 nitrogen and oxygen atoms in total. The first-order valence-electron chi connectivity index (χ1n) is 7.17. The standard InChI is InChI=1S/C14H19N5O4/c1-9(20)22-6-11(7-23-10(2)21)3-4-12-5-17-19-8-16-14(15)18-13(12)19/h5,8,11H,3-4,6-7H2,1-2H3,(H2,15,18). The first-order chi connectivity index (χ1) is 11.0. The first-order valence-corrected chi connectivity index (χ1v) is 7.17. The van der Waals surface area contributed by atoms with Crippen LogP contribution in [0.25, 0.3) is 5.65 Å². The second-order valence-electron chi connectivity index (χ2n) is 5.16. The molecule has 0 fully saturated rings. The van der Waals surface area contributed by atoms with Crippen LogP contribution < -0.4 is 5.73 Å². The van der Waals surface area contributed by atoms with Crippen LogP contribution in [-0.2, 0) is 25.5 Å². The number of aromatic nitrogens is 4. The number of nitrogens with two attached hydrogens (primary N) is 1. The quantitative estimate of drug-likeness (QED) is 0.726. The summed E-state index contributed by atoms with van der Waals surface area (Å²) in [5.74, 6) is -0.656. The lowest BCUT2D eigenvalue weighted by atomic mass is 10.0. The van der Waals surface area contributed by atoms with Gasteiger partial charge in [0.1, 0.15) is 6.33 Å². The SMILES string of the molecule is CC(=O)OCC(CCc1cnn2cnc(N)nc12)COC(C)=O. The molecule has 2 rings (SSSR count). The number of fused-ring (bicyclic) bond motifs is 1. The summed E-state index contributed by atoms with van der Waals surface area (Å²) in [7, 11) is 0. The Labute approximate surface area is 132 Å². The molecule has 0 saturated heterocycles. The highest BCUT2D eigenvalue weighted by Gasteiger charge is 2.15. The Hall–Kier alpha value is -2.71. The van der Waals surface area contributed by atoms with Crippen LogP contribution >= 0.6 is 0 Å². The monoisotopic (exact) mass is 321 g/mol. The van der Waals surface area contributed by atoms with E-state index in [1.54, 1.807) is 10.7 Å². The van der Waals surface area contributed by atoms with Crippen molar-refractivity contribution in [2.24, 2.45) is 5.92 Å². The molecule has 2 heterocycles. The van der Waals surface area contributed by atoms with Gasteiger partial charge in [-0.2, -0.15) is 10.1 Å². The normalized spacial score (nSPS) is 10.9. The molecule has 2 N–H and O–H groups in total. The fraction of sp³-hybridized carbons (Fsp3) is 0.500. The van der Waals surface area contributed by atoms with Crippen LogP contribution in [0, 0.1) is 5.92 Å². The summed E-state index contributed by atoms with van der Waals surface area (Å²) in [4.78, 5) is 29.9. The van der Waals surface area contributed by atoms with Crippen molar-refractivity contribution < 1.29 is 19.1 Å². The smallest absolute Gasteiger partial charge is 0.302 e. The van der Waals surface area contributed by atoms with Crippen LogP contribution in [0.1, 0.15) is 25.8 Å². The summed E-state index contributed by atoms with van der Waals surface area (Å²) in [6, 6.07) is 0. The zero-order valence-electron chi connectivity index (χ0n) is 13.1. The molecule has 124 valence electrons. The number of nitrogen functional groups attached to an aromatic ring is 1. The molecule has 0 atom stereocenters. The maximum Gasteiger partial charge on any atom is 0.302 e. The number of ether oxygens (including phenoxy) is 2. The van der Waals surface area contributed by atoms with E-state index in [9.17, 15) is 9.59 Å². The molecule has 0 saturated carbocycles. The predicted octanol–water partition coefficient (Wildman–Crippen LogP) is 0.381. The molecular weight excluding hydrogens is 302 g/mol. The van der Waals surface area contributed by atoms with Gasteiger partial charge in [0.15, 0.2) is 5.65 Å². The second kappa shape index (κ2) is 7.52. The van der Waals surface area contributed by atoms with E-state index < -0.39 is 0 Å². The van der Waals surface area contributed by atoms with Crippen molar-refractivity contribution in [2.75, 3.05) is 18.9 Å². The number of esters is 2. The van der Waals surface area contributed by atoms with Crippen LogP contribution in [0.15, 0.2) is 12.5 Å². The van der Waals surface area contributed by atoms with Crippen LogP contribution in [0.3, 0.4) is 0 Å². The van der Waals surface area contributed by atoms with Crippen molar-refractivity contribution in [3.63, 3.8) is 0 Å². The number of anilines is 1. The van der Waals surface area contributed by atoms with E-state index in [-0.39, 0.29) is 37.0 Å². The van der Waals surface area contributed by atoms with Crippen molar-refractivity contribution >= 4 is 23.5 Å². The Morgan fingerprint density at radius 1 is 1.26 bits per heavy atom. The van der Waals surface area contributed by atoms with E-state index in [0.29, 0.717) is 18.5 Å². The number of hydrogen-bond donors (Lipinski definition) is 1. The number of carbonyl (C=O) groups is 2. The molecule has 0 spiro atoms. The molecule has 0 aliphatic heterocycles. The Morgan fingerprint density at radius 2 is 1.91 bits per heavy atom. The minimum absolute atomic E-state index is 0.100. The number of nitrogens with zero attached hydrogens (tertiary/aromatic N) is 4. The topological polar surface area (TPSA) is 122 Å². The fourth-order valence-electron chi connectivity index (χ4n) is 2.07. The highest BCUT2D eigenvalue weighted by atomic mass is 16.5. The van der Waals surface area contributed by atoms with E-state index in [0.717, 1.165) is 5.56 Å². The van der Waals surface area contributed by atoms with E-state index in [1.165, 1.54) is 20.2 Å². The van der Waals surface area contributed by atoms with Crippen molar-refractivity contribution in [3.8, 4) is 0 Å². The van der Waals surface area contributed by atoms with Gasteiger partial charge < -0.3 is 15.2 Å². The summed E-state index contributed by atoms with van der Waals surface area (Å²) < 4.78 is 11.6. The highest BCUT2D eigenvalue weighted by Crippen LogP contribution is 2.15. The minimum atomic E-state index is -0.366. The number of carbonyl (C=O) groups excluding carboxylic acids is 2. The lowest BCUT2D eigenvalue weighted by molar-refractivity contribution is -0.146. The third-order valence-corrected chi connectivity index (χ3v) is 3.23. The van der Waals surface area contributed by atoms with Crippen LogP contribution in [0.2, 0.25) is 0 Å². The Morgan fingerprint density at radius 3 is 2.52 bits per heavy atom. The summed E-state index contributed by atoms with van der Waals surface area (Å²) in [5.41, 5.74) is 7.12. The zero-order chi connectivity index (χ0) is 16.8. The summed E-state index contributed by atoms with van der Waals surface area (Å²) in [6.45, 7) is 3.07. The number of rotatable bonds is 7. The third kappa shape index (κ3) is 4.90. The third-order valence-electron chi connectivity index (χ3n) is 3.23. The molecule has 0 bridgehead atoms. The Balaban J connectivity index is 2.01. The maximum atomic E-state index is 11.0. The predicted molar refractivity (Wildman–Crippen MR) is 80.3 cm³/mol. The highest BCUT2D eigenvalue weighted by molar-refractivity contribution is 5.66. The van der Waals surface area contributed by atoms with Crippen LogP contribution in [0.4, 0.5) is 5.95 Å². The Bertz CT molecular complexity index is 682. The largest absolute Gasteiger partial charge is 0.465 e. The molecule has 0 aliphatic carbocycles. The molecule has 23 heavy (non-hydrogen) atoms. The number of aryl methyl sites for hydroxylation is 1. The maximum absolute atomic E-state index is 11.0. The van der Waals surface area contributed by atoms with E-state index in [4.69, 9.17) is 15.2 Å². The molecule has 0 radical (unpaired) electrons. The second-order valence-corrected chi connectivity index (χ2v) is 5.16. The minimum Gasteiger partial charge on any atom is -0.465 e. The van der Waals surface area contributed by atoms with Gasteiger partial charge in [0, 0.05) is 25.3 Å². The van der Waals surface area contributed by atoms with Crippen LogP contribution in [0.5, 0.6) is 0 Å². The molecular formula is C14H19N5O4. The van der Waals surface area contributed by atoms with Gasteiger partial charge >= 0.3 is 11.9 Å². The molecule has 0 unspecified atom stereocenters. The van der Waals surface area contributed by atoms with Gasteiger partial charge in [0.05, 0.1) is 19.4 Å². The lowest BCUT2D eigenvalue weighted by Crippen LogP contribution is -2.20. The fourth-order valence-corrected chi connectivity index (χ4v) is 2.07. The molecule has 0 aromatic carbocycles. The van der Waals surface area contributed by atoms with Gasteiger partial charge in [-0.25, -0.2) is 9.50 Å². The lowest BCUT2D eigenvalue weighted by Gasteiger charge is -2.15. The van der Waals surface area contributed by atoms with Gasteiger partial charge in [-0.15, -0.1) is 0 Å². The number of hydrogen-bond acceptors (Lipinski definition) is 8. The van der Waals surface area contributed by atoms with Gasteiger partial charge in [-0.1, -0.05) is 0 Å². The zero-order valence-corrected chi connectivity index (χ0v) is 13.1. The van der Waals surface area contributed by atoms with Crippen molar-refractivity contribution in [3.05, 3.63) is 18.1 Å². The van der Waals surface area contributed by atoms with Crippen LogP contribution in [-0.4, -0.2) is 44.7 Å². The van der Waals surface area contributed by atoms with Crippen molar-refractivity contribution in [2.45, 2.75) is 26.7 Å². The van der Waals surface area contributed by atoms with Crippen molar-refractivity contribution in [1.29, 1.82) is 0 Å². The molecule has 0 amide bonds.